The Morgan fingerprint density at radius 1 is 1.12 bits per heavy atom. The van der Waals surface area contributed by atoms with Crippen LogP contribution in [-0.4, -0.2) is 48.8 Å². The molecule has 0 saturated carbocycles. The van der Waals surface area contributed by atoms with Gasteiger partial charge in [-0.1, -0.05) is 20.8 Å². The van der Waals surface area contributed by atoms with Crippen molar-refractivity contribution in [3.05, 3.63) is 0 Å². The van der Waals surface area contributed by atoms with E-state index in [2.05, 4.69) is 38.0 Å². The lowest BCUT2D eigenvalue weighted by Crippen LogP contribution is -2.45. The zero-order chi connectivity index (χ0) is 13.5. The van der Waals surface area contributed by atoms with E-state index in [1.165, 1.54) is 6.42 Å². The van der Waals surface area contributed by atoms with Crippen molar-refractivity contribution in [2.75, 3.05) is 33.2 Å². The fourth-order valence-corrected chi connectivity index (χ4v) is 2.23. The molecule has 1 unspecified atom stereocenters. The van der Waals surface area contributed by atoms with Gasteiger partial charge < -0.3 is 15.3 Å². The third-order valence-corrected chi connectivity index (χ3v) is 3.14. The first-order valence-corrected chi connectivity index (χ1v) is 6.84. The van der Waals surface area contributed by atoms with Crippen LogP contribution in [0.3, 0.4) is 0 Å². The molecule has 0 amide bonds. The molecule has 1 atom stereocenters. The van der Waals surface area contributed by atoms with Crippen molar-refractivity contribution < 1.29 is 5.11 Å². The molecule has 0 fully saturated rings. The molecule has 0 aromatic heterocycles. The average Bonchev–Trinajstić information content (AvgIpc) is 2.15. The Kier molecular flexibility index (Phi) is 7.29. The number of nitrogens with zero attached hydrogens (tertiary/aromatic N) is 1. The van der Waals surface area contributed by atoms with E-state index in [1.54, 1.807) is 0 Å². The van der Waals surface area contributed by atoms with Gasteiger partial charge in [-0.05, 0) is 45.7 Å². The largest absolute Gasteiger partial charge is 0.389 e. The predicted molar refractivity (Wildman–Crippen MR) is 75.4 cm³/mol. The van der Waals surface area contributed by atoms with Gasteiger partial charge in [0.15, 0.2) is 0 Å². The summed E-state index contributed by atoms with van der Waals surface area (Å²) in [5.74, 6) is 0. The lowest BCUT2D eigenvalue weighted by Gasteiger charge is -2.35. The molecule has 0 saturated heterocycles. The molecule has 0 aliphatic heterocycles. The van der Waals surface area contributed by atoms with E-state index in [4.69, 9.17) is 0 Å². The third-order valence-electron chi connectivity index (χ3n) is 3.14. The van der Waals surface area contributed by atoms with Gasteiger partial charge in [0.05, 0.1) is 5.60 Å². The molecule has 17 heavy (non-hydrogen) atoms. The molecule has 0 aliphatic carbocycles. The molecule has 0 spiro atoms. The van der Waals surface area contributed by atoms with Crippen molar-refractivity contribution >= 4 is 0 Å². The Hall–Kier alpha value is -0.120. The molecule has 0 aromatic rings. The van der Waals surface area contributed by atoms with Gasteiger partial charge in [-0.25, -0.2) is 0 Å². The van der Waals surface area contributed by atoms with Gasteiger partial charge in [-0.15, -0.1) is 0 Å². The molecule has 0 bridgehead atoms. The molecule has 0 aliphatic rings. The monoisotopic (exact) mass is 244 g/mol. The first-order valence-electron chi connectivity index (χ1n) is 6.84. The number of hydrogen-bond acceptors (Lipinski definition) is 3. The van der Waals surface area contributed by atoms with Gasteiger partial charge in [0.2, 0.25) is 0 Å². The number of likely N-dealkylation sites (N-methyl/N-ethyl adjacent to an activating group) is 1. The number of aliphatic hydroxyl groups is 1. The number of hydrogen-bond donors (Lipinski definition) is 2. The lowest BCUT2D eigenvalue weighted by molar-refractivity contribution is 0.0315. The second kappa shape index (κ2) is 7.34. The highest BCUT2D eigenvalue weighted by Gasteiger charge is 2.25. The molecule has 0 heterocycles. The van der Waals surface area contributed by atoms with Crippen molar-refractivity contribution in [3.8, 4) is 0 Å². The second-order valence-electron chi connectivity index (χ2n) is 6.33. The maximum Gasteiger partial charge on any atom is 0.0718 e. The van der Waals surface area contributed by atoms with Gasteiger partial charge in [0.1, 0.15) is 0 Å². The summed E-state index contributed by atoms with van der Waals surface area (Å²) in [6.45, 7) is 14.3. The van der Waals surface area contributed by atoms with Crippen LogP contribution in [0.4, 0.5) is 0 Å². The van der Waals surface area contributed by atoms with E-state index in [0.717, 1.165) is 32.6 Å². The number of rotatable bonds is 9. The van der Waals surface area contributed by atoms with Crippen molar-refractivity contribution in [3.63, 3.8) is 0 Å². The summed E-state index contributed by atoms with van der Waals surface area (Å²) < 4.78 is 0. The van der Waals surface area contributed by atoms with E-state index in [9.17, 15) is 5.11 Å². The highest BCUT2D eigenvalue weighted by molar-refractivity contribution is 4.81. The Morgan fingerprint density at radius 2 is 1.71 bits per heavy atom. The SMILES string of the molecule is CCCNCC(C)(CC)CN(C)CC(C)(C)O. The molecule has 0 rings (SSSR count). The van der Waals surface area contributed by atoms with Gasteiger partial charge in [0, 0.05) is 19.6 Å². The van der Waals surface area contributed by atoms with Gasteiger partial charge in [-0.2, -0.15) is 0 Å². The van der Waals surface area contributed by atoms with Crippen molar-refractivity contribution in [1.29, 1.82) is 0 Å². The highest BCUT2D eigenvalue weighted by Crippen LogP contribution is 2.21. The Morgan fingerprint density at radius 3 is 2.12 bits per heavy atom. The molecular weight excluding hydrogens is 212 g/mol. The summed E-state index contributed by atoms with van der Waals surface area (Å²) in [5, 5.41) is 13.3. The summed E-state index contributed by atoms with van der Waals surface area (Å²) in [4.78, 5) is 2.23. The number of nitrogens with one attached hydrogen (secondary N) is 1. The summed E-state index contributed by atoms with van der Waals surface area (Å²) >= 11 is 0. The minimum absolute atomic E-state index is 0.287. The van der Waals surface area contributed by atoms with Crippen LogP contribution < -0.4 is 5.32 Å². The van der Waals surface area contributed by atoms with E-state index >= 15 is 0 Å². The summed E-state index contributed by atoms with van der Waals surface area (Å²) in [6, 6.07) is 0. The van der Waals surface area contributed by atoms with E-state index in [-0.39, 0.29) is 5.41 Å². The predicted octanol–water partition coefficient (Wildman–Crippen LogP) is 2.11. The molecular formula is C14H32N2O. The summed E-state index contributed by atoms with van der Waals surface area (Å²) in [6.07, 6.45) is 2.33. The van der Waals surface area contributed by atoms with E-state index in [0.29, 0.717) is 0 Å². The molecule has 104 valence electrons. The van der Waals surface area contributed by atoms with Crippen molar-refractivity contribution in [2.45, 2.75) is 53.1 Å². The van der Waals surface area contributed by atoms with Crippen LogP contribution >= 0.6 is 0 Å². The fourth-order valence-electron chi connectivity index (χ4n) is 2.23. The minimum atomic E-state index is -0.611. The average molecular weight is 244 g/mol. The fraction of sp³-hybridized carbons (Fsp3) is 1.00. The molecule has 3 heteroatoms. The molecule has 0 aromatic carbocycles. The topological polar surface area (TPSA) is 35.5 Å². The zero-order valence-corrected chi connectivity index (χ0v) is 12.6. The van der Waals surface area contributed by atoms with Crippen molar-refractivity contribution in [1.82, 2.24) is 10.2 Å². The van der Waals surface area contributed by atoms with Crippen LogP contribution in [0.2, 0.25) is 0 Å². The van der Waals surface area contributed by atoms with Gasteiger partial charge in [0.25, 0.3) is 0 Å². The maximum absolute atomic E-state index is 9.81. The molecule has 3 nitrogen and oxygen atoms in total. The van der Waals surface area contributed by atoms with Crippen LogP contribution in [0.1, 0.15) is 47.5 Å². The van der Waals surface area contributed by atoms with Crippen LogP contribution in [0.15, 0.2) is 0 Å². The maximum atomic E-state index is 9.81. The minimum Gasteiger partial charge on any atom is -0.389 e. The normalized spacial score (nSPS) is 16.2. The van der Waals surface area contributed by atoms with Crippen LogP contribution in [0, 0.1) is 5.41 Å². The van der Waals surface area contributed by atoms with Gasteiger partial charge in [-0.3, -0.25) is 0 Å². The first-order chi connectivity index (χ1) is 7.72. The molecule has 0 radical (unpaired) electrons. The van der Waals surface area contributed by atoms with Crippen molar-refractivity contribution in [2.24, 2.45) is 5.41 Å². The van der Waals surface area contributed by atoms with Crippen LogP contribution in [-0.2, 0) is 0 Å². The summed E-state index contributed by atoms with van der Waals surface area (Å²) in [7, 11) is 2.09. The highest BCUT2D eigenvalue weighted by atomic mass is 16.3. The van der Waals surface area contributed by atoms with E-state index < -0.39 is 5.60 Å². The quantitative estimate of drug-likeness (QED) is 0.610. The Bertz CT molecular complexity index is 201. The zero-order valence-electron chi connectivity index (χ0n) is 12.6. The van der Waals surface area contributed by atoms with E-state index in [1.807, 2.05) is 13.8 Å². The lowest BCUT2D eigenvalue weighted by atomic mass is 9.86. The standard InChI is InChI=1S/C14H32N2O/c1-7-9-15-10-14(5,8-2)12-16(6)11-13(3,4)17/h15,17H,7-12H2,1-6H3. The Balaban J connectivity index is 4.17. The molecule has 2 N–H and O–H groups in total. The smallest absolute Gasteiger partial charge is 0.0718 e. The second-order valence-corrected chi connectivity index (χ2v) is 6.33. The van der Waals surface area contributed by atoms with Gasteiger partial charge >= 0.3 is 0 Å². The van der Waals surface area contributed by atoms with Crippen LogP contribution in [0.5, 0.6) is 0 Å². The third kappa shape index (κ3) is 8.58. The first kappa shape index (κ1) is 16.9. The van der Waals surface area contributed by atoms with Crippen LogP contribution in [0.25, 0.3) is 0 Å². The summed E-state index contributed by atoms with van der Waals surface area (Å²) in [5.41, 5.74) is -0.324. The Labute approximate surface area is 108 Å².